The number of nitrogens with two attached hydrogens (primary N) is 2. The lowest BCUT2D eigenvalue weighted by Crippen LogP contribution is -2.43. The van der Waals surface area contributed by atoms with Crippen molar-refractivity contribution in [2.24, 2.45) is 11.7 Å². The summed E-state index contributed by atoms with van der Waals surface area (Å²) in [5, 5.41) is 3.99. The van der Waals surface area contributed by atoms with E-state index < -0.39 is 6.04 Å². The van der Waals surface area contributed by atoms with Crippen LogP contribution in [0.15, 0.2) is 48.5 Å². The number of para-hydroxylation sites is 1. The second kappa shape index (κ2) is 10.2. The summed E-state index contributed by atoms with van der Waals surface area (Å²) in [5.74, 6) is 1.48. The van der Waals surface area contributed by atoms with E-state index in [9.17, 15) is 4.79 Å². The normalized spacial score (nSPS) is 12.5. The van der Waals surface area contributed by atoms with Gasteiger partial charge in [0, 0.05) is 24.9 Å². The fourth-order valence-electron chi connectivity index (χ4n) is 4.16. The number of aryl methyl sites for hydroxylation is 1. The van der Waals surface area contributed by atoms with Crippen LogP contribution in [0.2, 0.25) is 0 Å². The monoisotopic (exact) mass is 458 g/mol. The second-order valence-corrected chi connectivity index (χ2v) is 9.23. The SMILES string of the molecule is CCCCc1nc2c(N)nc3ccccc3c2n1Cc1ccc(CNC(=O)[C@@H](N)C(C)C)cc1. The Balaban J connectivity index is 1.63. The minimum atomic E-state index is -0.493. The Labute approximate surface area is 200 Å². The zero-order chi connectivity index (χ0) is 24.2. The molecule has 2 aromatic heterocycles. The molecule has 0 unspecified atom stereocenters. The molecule has 178 valence electrons. The van der Waals surface area contributed by atoms with Crippen LogP contribution in [0.4, 0.5) is 5.82 Å². The Hall–Kier alpha value is -3.45. The van der Waals surface area contributed by atoms with Crippen molar-refractivity contribution in [3.8, 4) is 0 Å². The quantitative estimate of drug-likeness (QED) is 0.349. The van der Waals surface area contributed by atoms with Gasteiger partial charge >= 0.3 is 0 Å². The van der Waals surface area contributed by atoms with Gasteiger partial charge in [0.15, 0.2) is 5.82 Å². The lowest BCUT2D eigenvalue weighted by atomic mass is 10.0. The van der Waals surface area contributed by atoms with E-state index in [1.165, 1.54) is 0 Å². The van der Waals surface area contributed by atoms with E-state index in [1.807, 2.05) is 32.0 Å². The van der Waals surface area contributed by atoms with Crippen molar-refractivity contribution < 1.29 is 4.79 Å². The molecule has 0 aliphatic rings. The number of carbonyl (C=O) groups excluding carboxylic acids is 1. The fraction of sp³-hybridized carbons (Fsp3) is 0.370. The Morgan fingerprint density at radius 1 is 1.06 bits per heavy atom. The summed E-state index contributed by atoms with van der Waals surface area (Å²) in [4.78, 5) is 21.6. The molecule has 0 bridgehead atoms. The Kier molecular flexibility index (Phi) is 7.12. The molecule has 0 radical (unpaired) electrons. The number of nitrogens with one attached hydrogen (secondary N) is 1. The number of carbonyl (C=O) groups is 1. The van der Waals surface area contributed by atoms with Gasteiger partial charge in [-0.3, -0.25) is 4.79 Å². The molecule has 0 saturated heterocycles. The number of anilines is 1. The Morgan fingerprint density at radius 2 is 1.76 bits per heavy atom. The number of pyridine rings is 1. The van der Waals surface area contributed by atoms with Crippen molar-refractivity contribution in [1.29, 1.82) is 0 Å². The Bertz CT molecular complexity index is 1290. The van der Waals surface area contributed by atoms with Crippen LogP contribution in [0, 0.1) is 5.92 Å². The molecule has 0 aliphatic heterocycles. The zero-order valence-corrected chi connectivity index (χ0v) is 20.2. The third-order valence-electron chi connectivity index (χ3n) is 6.29. The maximum absolute atomic E-state index is 12.2. The van der Waals surface area contributed by atoms with Crippen LogP contribution in [0.5, 0.6) is 0 Å². The highest BCUT2D eigenvalue weighted by atomic mass is 16.2. The van der Waals surface area contributed by atoms with E-state index in [4.69, 9.17) is 16.5 Å². The van der Waals surface area contributed by atoms with Gasteiger partial charge in [-0.15, -0.1) is 0 Å². The third kappa shape index (κ3) is 4.89. The lowest BCUT2D eigenvalue weighted by molar-refractivity contribution is -0.123. The highest BCUT2D eigenvalue weighted by Gasteiger charge is 2.18. The number of nitrogens with zero attached hydrogens (tertiary/aromatic N) is 3. The van der Waals surface area contributed by atoms with E-state index in [0.29, 0.717) is 18.9 Å². The summed E-state index contributed by atoms with van der Waals surface area (Å²) in [6, 6.07) is 15.9. The first-order valence-corrected chi connectivity index (χ1v) is 12.0. The number of hydrogen-bond acceptors (Lipinski definition) is 5. The third-order valence-corrected chi connectivity index (χ3v) is 6.29. The summed E-state index contributed by atoms with van der Waals surface area (Å²) in [5.41, 5.74) is 17.1. The van der Waals surface area contributed by atoms with Gasteiger partial charge in [-0.25, -0.2) is 9.97 Å². The average molecular weight is 459 g/mol. The van der Waals surface area contributed by atoms with Gasteiger partial charge in [0.25, 0.3) is 0 Å². The van der Waals surface area contributed by atoms with E-state index in [2.05, 4.69) is 52.1 Å². The van der Waals surface area contributed by atoms with E-state index >= 15 is 0 Å². The number of hydrogen-bond donors (Lipinski definition) is 3. The molecule has 7 heteroatoms. The number of rotatable bonds is 9. The van der Waals surface area contributed by atoms with Crippen molar-refractivity contribution in [3.63, 3.8) is 0 Å². The van der Waals surface area contributed by atoms with Crippen molar-refractivity contribution >= 4 is 33.7 Å². The number of imidazole rings is 1. The highest BCUT2D eigenvalue weighted by Crippen LogP contribution is 2.30. The molecule has 2 aromatic carbocycles. The zero-order valence-electron chi connectivity index (χ0n) is 20.2. The number of aromatic nitrogens is 3. The van der Waals surface area contributed by atoms with Gasteiger partial charge in [-0.1, -0.05) is 69.7 Å². The fourth-order valence-corrected chi connectivity index (χ4v) is 4.16. The lowest BCUT2D eigenvalue weighted by Gasteiger charge is -2.15. The highest BCUT2D eigenvalue weighted by molar-refractivity contribution is 6.06. The molecule has 0 saturated carbocycles. The molecule has 0 aliphatic carbocycles. The van der Waals surface area contributed by atoms with Crippen molar-refractivity contribution in [2.45, 2.75) is 59.2 Å². The van der Waals surface area contributed by atoms with Gasteiger partial charge in [-0.05, 0) is 29.5 Å². The number of benzene rings is 2. The largest absolute Gasteiger partial charge is 0.382 e. The topological polar surface area (TPSA) is 112 Å². The second-order valence-electron chi connectivity index (χ2n) is 9.23. The molecular formula is C27H34N6O. The first-order valence-electron chi connectivity index (χ1n) is 12.0. The summed E-state index contributed by atoms with van der Waals surface area (Å²) in [6.45, 7) is 7.22. The van der Waals surface area contributed by atoms with Gasteiger partial charge in [0.2, 0.25) is 5.91 Å². The number of fused-ring (bicyclic) bond motifs is 3. The summed E-state index contributed by atoms with van der Waals surface area (Å²) in [7, 11) is 0. The molecular weight excluding hydrogens is 424 g/mol. The predicted molar refractivity (Wildman–Crippen MR) is 138 cm³/mol. The smallest absolute Gasteiger partial charge is 0.237 e. The van der Waals surface area contributed by atoms with Crippen LogP contribution in [0.3, 0.4) is 0 Å². The minimum Gasteiger partial charge on any atom is -0.382 e. The van der Waals surface area contributed by atoms with Gasteiger partial charge in [-0.2, -0.15) is 0 Å². The molecule has 7 nitrogen and oxygen atoms in total. The maximum Gasteiger partial charge on any atom is 0.237 e. The van der Waals surface area contributed by atoms with Crippen LogP contribution < -0.4 is 16.8 Å². The summed E-state index contributed by atoms with van der Waals surface area (Å²) < 4.78 is 2.28. The van der Waals surface area contributed by atoms with Crippen LogP contribution in [-0.4, -0.2) is 26.5 Å². The predicted octanol–water partition coefficient (Wildman–Crippen LogP) is 4.16. The molecule has 2 heterocycles. The maximum atomic E-state index is 12.2. The van der Waals surface area contributed by atoms with E-state index in [0.717, 1.165) is 58.2 Å². The molecule has 1 atom stereocenters. The summed E-state index contributed by atoms with van der Waals surface area (Å²) >= 11 is 0. The van der Waals surface area contributed by atoms with Crippen molar-refractivity contribution in [1.82, 2.24) is 19.9 Å². The van der Waals surface area contributed by atoms with Crippen LogP contribution in [0.1, 0.15) is 50.6 Å². The average Bonchev–Trinajstić information content (AvgIpc) is 3.20. The van der Waals surface area contributed by atoms with Gasteiger partial charge < -0.3 is 21.4 Å². The molecule has 5 N–H and O–H groups in total. The summed E-state index contributed by atoms with van der Waals surface area (Å²) in [6.07, 6.45) is 3.05. The molecule has 34 heavy (non-hydrogen) atoms. The first kappa shape index (κ1) is 23.7. The van der Waals surface area contributed by atoms with E-state index in [-0.39, 0.29) is 11.8 Å². The number of nitrogen functional groups attached to an aromatic ring is 1. The standard InChI is InChI=1S/C27H34N6O/c1-4-5-10-22-32-24-25(20-8-6-7-9-21(20)31-26(24)29)33(22)16-19-13-11-18(12-14-19)15-30-27(34)23(28)17(2)3/h6-9,11-14,17,23H,4-5,10,15-16,28H2,1-3H3,(H2,29,31)(H,30,34)/t23-/m0/s1. The van der Waals surface area contributed by atoms with Crippen molar-refractivity contribution in [2.75, 3.05) is 5.73 Å². The molecule has 0 spiro atoms. The molecule has 0 fully saturated rings. The minimum absolute atomic E-state index is 0.106. The number of amides is 1. The van der Waals surface area contributed by atoms with Gasteiger partial charge in [0.05, 0.1) is 17.1 Å². The molecule has 4 aromatic rings. The van der Waals surface area contributed by atoms with Gasteiger partial charge in [0.1, 0.15) is 11.3 Å². The van der Waals surface area contributed by atoms with Crippen molar-refractivity contribution in [3.05, 3.63) is 65.5 Å². The number of unbranched alkanes of at least 4 members (excludes halogenated alkanes) is 1. The molecule has 1 amide bonds. The van der Waals surface area contributed by atoms with E-state index in [1.54, 1.807) is 0 Å². The van der Waals surface area contributed by atoms with Crippen LogP contribution >= 0.6 is 0 Å². The molecule has 4 rings (SSSR count). The Morgan fingerprint density at radius 3 is 2.47 bits per heavy atom. The first-order chi connectivity index (χ1) is 16.4. The van der Waals surface area contributed by atoms with Crippen LogP contribution in [-0.2, 0) is 24.3 Å². The van der Waals surface area contributed by atoms with Crippen LogP contribution in [0.25, 0.3) is 21.9 Å².